The number of sulfonamides is 1. The van der Waals surface area contributed by atoms with Crippen LogP contribution in [0.3, 0.4) is 0 Å². The molecule has 0 aliphatic heterocycles. The monoisotopic (exact) mass is 374 g/mol. The Bertz CT molecular complexity index is 731. The summed E-state index contributed by atoms with van der Waals surface area (Å²) < 4.78 is 26.4. The molecule has 7 nitrogen and oxygen atoms in total. The molecule has 0 bridgehead atoms. The smallest absolute Gasteiger partial charge is 0.310 e. The summed E-state index contributed by atoms with van der Waals surface area (Å²) in [7, 11) is -3.70. The van der Waals surface area contributed by atoms with Crippen LogP contribution < -0.4 is 10.0 Å². The molecule has 0 heterocycles. The van der Waals surface area contributed by atoms with Gasteiger partial charge in [-0.1, -0.05) is 24.1 Å². The third-order valence-electron chi connectivity index (χ3n) is 4.11. The number of amides is 1. The molecule has 1 aromatic carbocycles. The Hall–Kier alpha value is -1.64. The summed E-state index contributed by atoms with van der Waals surface area (Å²) in [6.45, 7) is 0.0784. The lowest BCUT2D eigenvalue weighted by Gasteiger charge is -2.36. The molecule has 24 heavy (non-hydrogen) atoms. The van der Waals surface area contributed by atoms with Gasteiger partial charge in [-0.3, -0.25) is 9.59 Å². The SMILES string of the molecule is O=C(CC1(C(=O)O)CCC1)NCCNS(=O)(=O)c1cccc(Cl)c1. The van der Waals surface area contributed by atoms with E-state index >= 15 is 0 Å². The van der Waals surface area contributed by atoms with E-state index in [9.17, 15) is 23.1 Å². The van der Waals surface area contributed by atoms with Crippen LogP contribution in [0.25, 0.3) is 0 Å². The molecule has 0 aromatic heterocycles. The Kier molecular flexibility index (Phi) is 5.84. The summed E-state index contributed by atoms with van der Waals surface area (Å²) in [5.41, 5.74) is -0.954. The van der Waals surface area contributed by atoms with Crippen LogP contribution in [0.4, 0.5) is 0 Å². The van der Waals surface area contributed by atoms with Gasteiger partial charge in [-0.15, -0.1) is 0 Å². The lowest BCUT2D eigenvalue weighted by Crippen LogP contribution is -2.43. The van der Waals surface area contributed by atoms with Crippen molar-refractivity contribution >= 4 is 33.5 Å². The second-order valence-electron chi connectivity index (χ2n) is 5.82. The van der Waals surface area contributed by atoms with Gasteiger partial charge in [-0.05, 0) is 31.0 Å². The van der Waals surface area contributed by atoms with E-state index in [-0.39, 0.29) is 30.3 Å². The van der Waals surface area contributed by atoms with Gasteiger partial charge in [-0.2, -0.15) is 0 Å². The van der Waals surface area contributed by atoms with E-state index in [2.05, 4.69) is 10.0 Å². The molecule has 0 unspecified atom stereocenters. The standard InChI is InChI=1S/C15H19ClN2O5S/c16-11-3-1-4-12(9-11)24(22,23)18-8-7-17-13(19)10-15(14(20)21)5-2-6-15/h1,3-4,9,18H,2,5-8,10H2,(H,17,19)(H,20,21). The van der Waals surface area contributed by atoms with Crippen molar-refractivity contribution in [2.24, 2.45) is 5.41 Å². The van der Waals surface area contributed by atoms with Crippen molar-refractivity contribution in [3.05, 3.63) is 29.3 Å². The van der Waals surface area contributed by atoms with Gasteiger partial charge >= 0.3 is 5.97 Å². The largest absolute Gasteiger partial charge is 0.481 e. The minimum Gasteiger partial charge on any atom is -0.481 e. The first-order valence-electron chi connectivity index (χ1n) is 7.51. The van der Waals surface area contributed by atoms with Crippen molar-refractivity contribution in [2.45, 2.75) is 30.6 Å². The Morgan fingerprint density at radius 1 is 1.25 bits per heavy atom. The maximum Gasteiger partial charge on any atom is 0.310 e. The van der Waals surface area contributed by atoms with Crippen molar-refractivity contribution in [1.29, 1.82) is 0 Å². The molecule has 3 N–H and O–H groups in total. The van der Waals surface area contributed by atoms with Crippen LogP contribution in [-0.4, -0.2) is 38.5 Å². The Morgan fingerprint density at radius 2 is 1.96 bits per heavy atom. The van der Waals surface area contributed by atoms with Gasteiger partial charge in [0.15, 0.2) is 0 Å². The molecule has 1 aliphatic rings. The third kappa shape index (κ3) is 4.46. The van der Waals surface area contributed by atoms with Crippen LogP contribution in [0.5, 0.6) is 0 Å². The van der Waals surface area contributed by atoms with E-state index in [0.717, 1.165) is 6.42 Å². The summed E-state index contributed by atoms with van der Waals surface area (Å²) in [5, 5.41) is 12.0. The Morgan fingerprint density at radius 3 is 2.50 bits per heavy atom. The molecule has 0 spiro atoms. The first-order valence-corrected chi connectivity index (χ1v) is 9.37. The van der Waals surface area contributed by atoms with Crippen molar-refractivity contribution in [3.8, 4) is 0 Å². The number of hydrogen-bond donors (Lipinski definition) is 3. The zero-order valence-electron chi connectivity index (χ0n) is 12.9. The van der Waals surface area contributed by atoms with E-state index < -0.39 is 21.4 Å². The Balaban J connectivity index is 1.78. The molecule has 0 saturated heterocycles. The number of aliphatic carboxylic acids is 1. The molecule has 0 radical (unpaired) electrons. The van der Waals surface area contributed by atoms with Crippen LogP contribution in [0.2, 0.25) is 5.02 Å². The number of nitrogens with one attached hydrogen (secondary N) is 2. The van der Waals surface area contributed by atoms with E-state index in [1.165, 1.54) is 18.2 Å². The summed E-state index contributed by atoms with van der Waals surface area (Å²) in [4.78, 5) is 23.1. The molecule has 0 atom stereocenters. The predicted octanol–water partition coefficient (Wildman–Crippen LogP) is 1.38. The highest BCUT2D eigenvalue weighted by molar-refractivity contribution is 7.89. The third-order valence-corrected chi connectivity index (χ3v) is 5.80. The molecule has 132 valence electrons. The van der Waals surface area contributed by atoms with Crippen molar-refractivity contribution < 1.29 is 23.1 Å². The molecule has 1 saturated carbocycles. The van der Waals surface area contributed by atoms with E-state index in [1.807, 2.05) is 0 Å². The number of rotatable bonds is 8. The zero-order valence-corrected chi connectivity index (χ0v) is 14.5. The fraction of sp³-hybridized carbons (Fsp3) is 0.467. The van der Waals surface area contributed by atoms with Crippen molar-refractivity contribution in [3.63, 3.8) is 0 Å². The number of carbonyl (C=O) groups is 2. The first-order chi connectivity index (χ1) is 11.3. The molecule has 1 aromatic rings. The summed E-state index contributed by atoms with van der Waals surface area (Å²) in [6.07, 6.45) is 1.72. The minimum atomic E-state index is -3.70. The number of carbonyl (C=O) groups excluding carboxylic acids is 1. The lowest BCUT2D eigenvalue weighted by atomic mass is 9.66. The van der Waals surface area contributed by atoms with Gasteiger partial charge < -0.3 is 10.4 Å². The topological polar surface area (TPSA) is 113 Å². The van der Waals surface area contributed by atoms with Crippen molar-refractivity contribution in [2.75, 3.05) is 13.1 Å². The summed E-state index contributed by atoms with van der Waals surface area (Å²) in [5.74, 6) is -1.34. The predicted molar refractivity (Wildman–Crippen MR) is 88.2 cm³/mol. The zero-order chi connectivity index (χ0) is 17.8. The second kappa shape index (κ2) is 7.50. The molecule has 1 fully saturated rings. The lowest BCUT2D eigenvalue weighted by molar-refractivity contribution is -0.157. The Labute approximate surface area is 145 Å². The van der Waals surface area contributed by atoms with E-state index in [1.54, 1.807) is 6.07 Å². The van der Waals surface area contributed by atoms with Crippen LogP contribution in [-0.2, 0) is 19.6 Å². The molecular weight excluding hydrogens is 356 g/mol. The molecule has 9 heteroatoms. The number of halogens is 1. The van der Waals surface area contributed by atoms with Crippen LogP contribution in [0.15, 0.2) is 29.2 Å². The van der Waals surface area contributed by atoms with E-state index in [0.29, 0.717) is 17.9 Å². The van der Waals surface area contributed by atoms with Crippen molar-refractivity contribution in [1.82, 2.24) is 10.0 Å². The highest BCUT2D eigenvalue weighted by Crippen LogP contribution is 2.44. The summed E-state index contributed by atoms with van der Waals surface area (Å²) in [6, 6.07) is 5.85. The normalized spacial score (nSPS) is 16.2. The van der Waals surface area contributed by atoms with E-state index in [4.69, 9.17) is 11.6 Å². The number of benzene rings is 1. The van der Waals surface area contributed by atoms with Gasteiger partial charge in [0.25, 0.3) is 0 Å². The summed E-state index contributed by atoms with van der Waals surface area (Å²) >= 11 is 5.76. The minimum absolute atomic E-state index is 0.000653. The van der Waals surface area contributed by atoms with Gasteiger partial charge in [0.1, 0.15) is 0 Å². The van der Waals surface area contributed by atoms with Gasteiger partial charge in [-0.25, -0.2) is 13.1 Å². The average Bonchev–Trinajstić information content (AvgIpc) is 2.47. The maximum atomic E-state index is 12.0. The van der Waals surface area contributed by atoms with Crippen LogP contribution >= 0.6 is 11.6 Å². The molecule has 1 amide bonds. The quantitative estimate of drug-likeness (QED) is 0.595. The number of carboxylic acid groups (broad SMARTS) is 1. The second-order valence-corrected chi connectivity index (χ2v) is 8.02. The fourth-order valence-corrected chi connectivity index (χ4v) is 3.88. The fourth-order valence-electron chi connectivity index (χ4n) is 2.54. The average molecular weight is 375 g/mol. The maximum absolute atomic E-state index is 12.0. The first kappa shape index (κ1) is 18.7. The molecule has 2 rings (SSSR count). The number of hydrogen-bond acceptors (Lipinski definition) is 4. The van der Waals surface area contributed by atoms with Gasteiger partial charge in [0, 0.05) is 24.5 Å². The van der Waals surface area contributed by atoms with Gasteiger partial charge in [0.2, 0.25) is 15.9 Å². The van der Waals surface area contributed by atoms with Crippen LogP contribution in [0.1, 0.15) is 25.7 Å². The molecule has 1 aliphatic carbocycles. The van der Waals surface area contributed by atoms with Crippen LogP contribution in [0, 0.1) is 5.41 Å². The highest BCUT2D eigenvalue weighted by Gasteiger charge is 2.45. The highest BCUT2D eigenvalue weighted by atomic mass is 35.5. The van der Waals surface area contributed by atoms with Gasteiger partial charge in [0.05, 0.1) is 10.3 Å². The molecular formula is C15H19ClN2O5S. The number of carboxylic acids is 1.